The Morgan fingerprint density at radius 3 is 2.40 bits per heavy atom. The summed E-state index contributed by atoms with van der Waals surface area (Å²) in [4.78, 5) is 14.0. The second-order valence-electron chi connectivity index (χ2n) is 5.77. The molecule has 0 radical (unpaired) electrons. The van der Waals surface area contributed by atoms with E-state index in [1.165, 1.54) is 0 Å². The number of hydrogen-bond acceptors (Lipinski definition) is 3. The second kappa shape index (κ2) is 8.59. The van der Waals surface area contributed by atoms with Crippen molar-refractivity contribution < 1.29 is 4.79 Å². The van der Waals surface area contributed by atoms with Crippen molar-refractivity contribution in [2.45, 2.75) is 26.3 Å². The minimum atomic E-state index is 0.0319. The third kappa shape index (κ3) is 6.57. The molecule has 1 amide bonds. The van der Waals surface area contributed by atoms with Gasteiger partial charge in [-0.3, -0.25) is 4.79 Å². The molecule has 4 heteroatoms. The van der Waals surface area contributed by atoms with Crippen LogP contribution in [0.1, 0.15) is 20.3 Å². The monoisotopic (exact) mass is 277 g/mol. The zero-order valence-corrected chi connectivity index (χ0v) is 13.0. The Morgan fingerprint density at radius 1 is 1.20 bits per heavy atom. The first-order valence-corrected chi connectivity index (χ1v) is 7.21. The summed E-state index contributed by atoms with van der Waals surface area (Å²) in [5.41, 5.74) is 0.967. The van der Waals surface area contributed by atoms with Crippen LogP contribution < -0.4 is 10.6 Å². The predicted molar refractivity (Wildman–Crippen MR) is 84.9 cm³/mol. The first-order valence-electron chi connectivity index (χ1n) is 7.21. The molecule has 1 atom stereocenters. The number of anilines is 1. The number of nitrogens with one attached hydrogen (secondary N) is 2. The topological polar surface area (TPSA) is 44.4 Å². The Morgan fingerprint density at radius 2 is 1.85 bits per heavy atom. The van der Waals surface area contributed by atoms with Gasteiger partial charge in [0.15, 0.2) is 0 Å². The molecule has 112 valence electrons. The smallest absolute Gasteiger partial charge is 0.239 e. The maximum absolute atomic E-state index is 11.8. The highest BCUT2D eigenvalue weighted by Gasteiger charge is 2.14. The van der Waals surface area contributed by atoms with E-state index < -0.39 is 0 Å². The summed E-state index contributed by atoms with van der Waals surface area (Å²) in [7, 11) is 4.11. The highest BCUT2D eigenvalue weighted by Crippen LogP contribution is 2.08. The molecule has 0 aliphatic rings. The number of hydrogen-bond donors (Lipinski definition) is 2. The van der Waals surface area contributed by atoms with Crippen molar-refractivity contribution in [3.8, 4) is 0 Å². The highest BCUT2D eigenvalue weighted by atomic mass is 16.1. The van der Waals surface area contributed by atoms with E-state index in [1.807, 2.05) is 30.3 Å². The maximum atomic E-state index is 11.8. The zero-order chi connectivity index (χ0) is 15.0. The third-order valence-corrected chi connectivity index (χ3v) is 3.24. The molecular weight excluding hydrogens is 250 g/mol. The Bertz CT molecular complexity index is 390. The molecule has 1 rings (SSSR count). The minimum absolute atomic E-state index is 0.0319. The van der Waals surface area contributed by atoms with E-state index in [2.05, 4.69) is 43.5 Å². The fraction of sp³-hybridized carbons (Fsp3) is 0.562. The molecular formula is C16H27N3O. The van der Waals surface area contributed by atoms with Crippen LogP contribution in [0.15, 0.2) is 30.3 Å². The average Bonchev–Trinajstić information content (AvgIpc) is 2.41. The molecule has 20 heavy (non-hydrogen) atoms. The lowest BCUT2D eigenvalue weighted by molar-refractivity contribution is -0.119. The lowest BCUT2D eigenvalue weighted by Crippen LogP contribution is -2.42. The number of rotatable bonds is 8. The van der Waals surface area contributed by atoms with E-state index in [0.29, 0.717) is 25.0 Å². The summed E-state index contributed by atoms with van der Waals surface area (Å²) in [5, 5.41) is 6.11. The average molecular weight is 277 g/mol. The Hall–Kier alpha value is -1.55. The zero-order valence-electron chi connectivity index (χ0n) is 13.0. The van der Waals surface area contributed by atoms with E-state index in [1.54, 1.807) is 0 Å². The van der Waals surface area contributed by atoms with Gasteiger partial charge in [0.1, 0.15) is 0 Å². The van der Waals surface area contributed by atoms with Gasteiger partial charge in [0.05, 0.1) is 6.54 Å². The number of carbonyl (C=O) groups excluding carboxylic acids is 1. The van der Waals surface area contributed by atoms with E-state index in [-0.39, 0.29) is 5.91 Å². The second-order valence-corrected chi connectivity index (χ2v) is 5.77. The van der Waals surface area contributed by atoms with Gasteiger partial charge in [0.2, 0.25) is 5.91 Å². The van der Waals surface area contributed by atoms with E-state index >= 15 is 0 Å². The van der Waals surface area contributed by atoms with Crippen LogP contribution >= 0.6 is 0 Å². The quantitative estimate of drug-likeness (QED) is 0.765. The molecule has 0 aliphatic carbocycles. The van der Waals surface area contributed by atoms with Crippen LogP contribution in [0, 0.1) is 5.92 Å². The van der Waals surface area contributed by atoms with Gasteiger partial charge >= 0.3 is 0 Å². The minimum Gasteiger partial charge on any atom is -0.376 e. The number of nitrogens with zero attached hydrogens (tertiary/aromatic N) is 1. The molecule has 0 heterocycles. The van der Waals surface area contributed by atoms with Gasteiger partial charge in [0.25, 0.3) is 0 Å². The summed E-state index contributed by atoms with van der Waals surface area (Å²) >= 11 is 0. The van der Waals surface area contributed by atoms with Gasteiger partial charge in [-0.2, -0.15) is 0 Å². The van der Waals surface area contributed by atoms with E-state index in [9.17, 15) is 4.79 Å². The number of amides is 1. The molecule has 1 unspecified atom stereocenters. The lowest BCUT2D eigenvalue weighted by Gasteiger charge is -2.26. The van der Waals surface area contributed by atoms with Crippen LogP contribution in [0.25, 0.3) is 0 Å². The van der Waals surface area contributed by atoms with Crippen molar-refractivity contribution in [1.29, 1.82) is 0 Å². The molecule has 0 aromatic heterocycles. The SMILES string of the molecule is CC(C)CC(CNC(=O)CNc1ccccc1)N(C)C. The van der Waals surface area contributed by atoms with Crippen LogP contribution in [-0.4, -0.2) is 44.0 Å². The van der Waals surface area contributed by atoms with Gasteiger partial charge in [-0.15, -0.1) is 0 Å². The summed E-state index contributed by atoms with van der Waals surface area (Å²) < 4.78 is 0. The first kappa shape index (κ1) is 16.5. The van der Waals surface area contributed by atoms with Crippen molar-refractivity contribution in [3.63, 3.8) is 0 Å². The van der Waals surface area contributed by atoms with Gasteiger partial charge in [-0.25, -0.2) is 0 Å². The largest absolute Gasteiger partial charge is 0.376 e. The van der Waals surface area contributed by atoms with Crippen molar-refractivity contribution in [1.82, 2.24) is 10.2 Å². The molecule has 0 fully saturated rings. The van der Waals surface area contributed by atoms with Gasteiger partial charge in [0, 0.05) is 18.3 Å². The van der Waals surface area contributed by atoms with E-state index in [4.69, 9.17) is 0 Å². The Balaban J connectivity index is 2.31. The van der Waals surface area contributed by atoms with Crippen molar-refractivity contribution in [2.24, 2.45) is 5.92 Å². The third-order valence-electron chi connectivity index (χ3n) is 3.24. The molecule has 1 aromatic carbocycles. The molecule has 0 saturated carbocycles. The summed E-state index contributed by atoms with van der Waals surface area (Å²) in [6.07, 6.45) is 1.08. The maximum Gasteiger partial charge on any atom is 0.239 e. The number of carbonyl (C=O) groups is 1. The first-order chi connectivity index (χ1) is 9.49. The van der Waals surface area contributed by atoms with Crippen LogP contribution in [0.3, 0.4) is 0 Å². The Kier molecular flexibility index (Phi) is 7.09. The predicted octanol–water partition coefficient (Wildman–Crippen LogP) is 2.19. The summed E-state index contributed by atoms with van der Waals surface area (Å²) in [6.45, 7) is 5.41. The van der Waals surface area contributed by atoms with Gasteiger partial charge in [-0.05, 0) is 38.6 Å². The Labute approximate surface area is 122 Å². The molecule has 2 N–H and O–H groups in total. The molecule has 4 nitrogen and oxygen atoms in total. The van der Waals surface area contributed by atoms with Gasteiger partial charge < -0.3 is 15.5 Å². The lowest BCUT2D eigenvalue weighted by atomic mass is 10.0. The highest BCUT2D eigenvalue weighted by molar-refractivity contribution is 5.80. The van der Waals surface area contributed by atoms with Crippen LogP contribution in [0.5, 0.6) is 0 Å². The number of likely N-dealkylation sites (N-methyl/N-ethyl adjacent to an activating group) is 1. The molecule has 1 aromatic rings. The van der Waals surface area contributed by atoms with Crippen LogP contribution in [-0.2, 0) is 4.79 Å². The standard InChI is InChI=1S/C16H27N3O/c1-13(2)10-15(19(3)4)11-18-16(20)12-17-14-8-6-5-7-9-14/h5-9,13,15,17H,10-12H2,1-4H3,(H,18,20). The van der Waals surface area contributed by atoms with Crippen molar-refractivity contribution >= 4 is 11.6 Å². The van der Waals surface area contributed by atoms with Crippen LogP contribution in [0.4, 0.5) is 5.69 Å². The normalized spacial score (nSPS) is 12.5. The summed E-state index contributed by atoms with van der Waals surface area (Å²) in [6, 6.07) is 10.1. The number of benzene rings is 1. The summed E-state index contributed by atoms with van der Waals surface area (Å²) in [5.74, 6) is 0.659. The van der Waals surface area contributed by atoms with Crippen molar-refractivity contribution in [3.05, 3.63) is 30.3 Å². The van der Waals surface area contributed by atoms with Crippen LogP contribution in [0.2, 0.25) is 0 Å². The molecule has 0 aliphatic heterocycles. The number of para-hydroxylation sites is 1. The fourth-order valence-corrected chi connectivity index (χ4v) is 2.05. The van der Waals surface area contributed by atoms with Gasteiger partial charge in [-0.1, -0.05) is 32.0 Å². The fourth-order valence-electron chi connectivity index (χ4n) is 2.05. The molecule has 0 saturated heterocycles. The van der Waals surface area contributed by atoms with E-state index in [0.717, 1.165) is 12.1 Å². The molecule has 0 spiro atoms. The van der Waals surface area contributed by atoms with Crippen molar-refractivity contribution in [2.75, 3.05) is 32.5 Å². The molecule has 0 bridgehead atoms.